The number of nitrogens with zero attached hydrogens (tertiary/aromatic N) is 3. The average molecular weight is 687 g/mol. The highest BCUT2D eigenvalue weighted by atomic mass is 32.2. The number of halogens is 3. The number of carbonyl (C=O) groups excluding carboxylic acids is 1. The van der Waals surface area contributed by atoms with Gasteiger partial charge in [-0.3, -0.25) is 9.78 Å². The highest BCUT2D eigenvalue weighted by Gasteiger charge is 2.34. The number of alkyl halides is 3. The zero-order chi connectivity index (χ0) is 34.7. The minimum atomic E-state index is -4.58. The predicted molar refractivity (Wildman–Crippen MR) is 199 cm³/mol. The van der Waals surface area contributed by atoms with Crippen molar-refractivity contribution in [3.63, 3.8) is 0 Å². The van der Waals surface area contributed by atoms with Crippen LogP contribution >= 0.6 is 10.5 Å². The average Bonchev–Trinajstić information content (AvgIpc) is 3.51. The number of carbonyl (C=O) groups is 1. The molecule has 0 saturated carbocycles. The molecule has 250 valence electrons. The van der Waals surface area contributed by atoms with Gasteiger partial charge in [-0.2, -0.15) is 23.7 Å². The first kappa shape index (κ1) is 33.0. The highest BCUT2D eigenvalue weighted by molar-refractivity contribution is 8.14. The maximum absolute atomic E-state index is 13.7. The Labute approximate surface area is 290 Å². The van der Waals surface area contributed by atoms with E-state index in [0.717, 1.165) is 54.8 Å². The minimum Gasteiger partial charge on any atom is -0.339 e. The lowest BCUT2D eigenvalue weighted by Gasteiger charge is -2.24. The molecule has 1 unspecified atom stereocenters. The maximum atomic E-state index is 13.7. The molecule has 0 radical (unpaired) electrons. The van der Waals surface area contributed by atoms with Crippen LogP contribution in [0, 0.1) is 0 Å². The molecular weight excluding hydrogens is 654 g/mol. The van der Waals surface area contributed by atoms with Crippen molar-refractivity contribution in [1.29, 1.82) is 0 Å². The maximum Gasteiger partial charge on any atom is 0.406 e. The van der Waals surface area contributed by atoms with E-state index in [-0.39, 0.29) is 22.6 Å². The van der Waals surface area contributed by atoms with Crippen LogP contribution in [-0.4, -0.2) is 38.9 Å². The first-order chi connectivity index (χ1) is 24.3. The minimum absolute atomic E-state index is 0.0665. The van der Waals surface area contributed by atoms with Crippen LogP contribution in [0.25, 0.3) is 44.2 Å². The normalized spacial score (nSPS) is 12.4. The second-order valence-corrected chi connectivity index (χ2v) is 14.0. The van der Waals surface area contributed by atoms with Crippen molar-refractivity contribution in [1.82, 2.24) is 15.0 Å². The van der Waals surface area contributed by atoms with Crippen LogP contribution in [0.3, 0.4) is 0 Å². The molecule has 0 fully saturated rings. The molecule has 0 aliphatic carbocycles. The molecule has 5 nitrogen and oxygen atoms in total. The van der Waals surface area contributed by atoms with Gasteiger partial charge in [-0.05, 0) is 72.1 Å². The summed E-state index contributed by atoms with van der Waals surface area (Å²) in [4.78, 5) is 27.7. The fourth-order valence-corrected chi connectivity index (χ4v) is 7.92. The number of benzene rings is 4. The van der Waals surface area contributed by atoms with Gasteiger partial charge in [0.25, 0.3) is 0 Å². The van der Waals surface area contributed by atoms with E-state index in [4.69, 9.17) is 4.98 Å². The molecule has 3 heterocycles. The third kappa shape index (κ3) is 7.09. The Bertz CT molecular complexity index is 2300. The molecule has 1 amide bonds. The number of hydrogen-bond donors (Lipinski definition) is 1. The number of aromatic amines is 1. The van der Waals surface area contributed by atoms with Crippen molar-refractivity contribution in [2.45, 2.75) is 30.2 Å². The van der Waals surface area contributed by atoms with E-state index >= 15 is 0 Å². The van der Waals surface area contributed by atoms with Crippen LogP contribution in [0.15, 0.2) is 139 Å². The monoisotopic (exact) mass is 686 g/mol. The lowest BCUT2D eigenvalue weighted by atomic mass is 9.92. The molecule has 1 atom stereocenters. The Morgan fingerprint density at radius 2 is 1.56 bits per heavy atom. The molecule has 0 saturated heterocycles. The number of amides is 1. The number of rotatable bonds is 9. The van der Waals surface area contributed by atoms with Crippen molar-refractivity contribution in [2.75, 3.05) is 11.4 Å². The van der Waals surface area contributed by atoms with Crippen molar-refractivity contribution >= 4 is 49.4 Å². The van der Waals surface area contributed by atoms with Crippen molar-refractivity contribution in [3.05, 3.63) is 145 Å². The van der Waals surface area contributed by atoms with Gasteiger partial charge in [0, 0.05) is 61.8 Å². The van der Waals surface area contributed by atoms with Gasteiger partial charge in [-0.15, -0.1) is 0 Å². The molecule has 3 aromatic heterocycles. The van der Waals surface area contributed by atoms with Gasteiger partial charge in [0.15, 0.2) is 0 Å². The summed E-state index contributed by atoms with van der Waals surface area (Å²) in [5, 5.41) is 4.28. The van der Waals surface area contributed by atoms with E-state index in [2.05, 4.69) is 76.9 Å². The van der Waals surface area contributed by atoms with Gasteiger partial charge in [0.1, 0.15) is 12.2 Å². The lowest BCUT2D eigenvalue weighted by Crippen LogP contribution is -2.40. The Morgan fingerprint density at radius 3 is 2.24 bits per heavy atom. The number of H-pyrrole nitrogens is 1. The number of anilines is 1. The summed E-state index contributed by atoms with van der Waals surface area (Å²) in [6.45, 7) is 0.702. The number of hydrogen-bond acceptors (Lipinski definition) is 3. The molecule has 0 spiro atoms. The molecular formula is C41H33F3N4OS. The second kappa shape index (κ2) is 14.1. The highest BCUT2D eigenvalue weighted by Crippen LogP contribution is 2.42. The Hall–Kier alpha value is -5.54. The molecule has 7 rings (SSSR count). The number of aromatic nitrogens is 3. The molecule has 50 heavy (non-hydrogen) atoms. The van der Waals surface area contributed by atoms with Crippen LogP contribution in [0.2, 0.25) is 0 Å². The van der Waals surface area contributed by atoms with Gasteiger partial charge in [0.05, 0.1) is 6.42 Å². The predicted octanol–water partition coefficient (Wildman–Crippen LogP) is 10.2. The van der Waals surface area contributed by atoms with Gasteiger partial charge >= 0.3 is 6.18 Å². The molecule has 0 aliphatic rings. The SMILES string of the molecule is C/C=S(/Cc1ccc2[nH]c3ncc(-c4ccc(N(CC(F)(F)F)C(=O)Cc5ccccn5)cc4)c(-c4ccccc4)c3c2c1)c1ccccc1. The van der Waals surface area contributed by atoms with Gasteiger partial charge in [-0.25, -0.2) is 4.98 Å². The lowest BCUT2D eigenvalue weighted by molar-refractivity contribution is -0.132. The van der Waals surface area contributed by atoms with Crippen LogP contribution in [0.5, 0.6) is 0 Å². The number of nitrogens with one attached hydrogen (secondary N) is 1. The van der Waals surface area contributed by atoms with E-state index < -0.39 is 18.6 Å². The summed E-state index contributed by atoms with van der Waals surface area (Å²) >= 11 is 0. The molecule has 0 bridgehead atoms. The summed E-state index contributed by atoms with van der Waals surface area (Å²) in [5.74, 6) is 0.179. The number of pyridine rings is 2. The zero-order valence-electron chi connectivity index (χ0n) is 27.2. The molecule has 7 aromatic rings. The Balaban J connectivity index is 1.31. The van der Waals surface area contributed by atoms with Gasteiger partial charge < -0.3 is 9.88 Å². The van der Waals surface area contributed by atoms with Crippen LogP contribution in [0.4, 0.5) is 18.9 Å². The number of fused-ring (bicyclic) bond motifs is 3. The molecule has 0 aliphatic heterocycles. The summed E-state index contributed by atoms with van der Waals surface area (Å²) in [6, 6.07) is 38.7. The second-order valence-electron chi connectivity index (χ2n) is 11.9. The Morgan fingerprint density at radius 1 is 0.840 bits per heavy atom. The van der Waals surface area contributed by atoms with E-state index in [1.165, 1.54) is 16.7 Å². The summed E-state index contributed by atoms with van der Waals surface area (Å²) < 4.78 is 41.1. The van der Waals surface area contributed by atoms with E-state index in [0.29, 0.717) is 5.69 Å². The molecule has 1 N–H and O–H groups in total. The smallest absolute Gasteiger partial charge is 0.339 e. The molecule has 4 aromatic carbocycles. The van der Waals surface area contributed by atoms with Gasteiger partial charge in [0.2, 0.25) is 5.91 Å². The summed E-state index contributed by atoms with van der Waals surface area (Å²) in [5.41, 5.74) is 7.02. The third-order valence-corrected chi connectivity index (χ3v) is 10.7. The van der Waals surface area contributed by atoms with Crippen LogP contribution < -0.4 is 4.90 Å². The fraction of sp³-hybridized carbons (Fsp3) is 0.122. The van der Waals surface area contributed by atoms with E-state index in [1.54, 1.807) is 48.7 Å². The van der Waals surface area contributed by atoms with Crippen LogP contribution in [0.1, 0.15) is 18.2 Å². The van der Waals surface area contributed by atoms with Crippen molar-refractivity contribution < 1.29 is 18.0 Å². The first-order valence-corrected chi connectivity index (χ1v) is 17.6. The summed E-state index contributed by atoms with van der Waals surface area (Å²) in [7, 11) is -0.0665. The quantitative estimate of drug-likeness (QED) is 0.154. The van der Waals surface area contributed by atoms with E-state index in [9.17, 15) is 18.0 Å². The van der Waals surface area contributed by atoms with Crippen molar-refractivity contribution in [2.24, 2.45) is 0 Å². The van der Waals surface area contributed by atoms with Gasteiger partial charge in [-0.1, -0.05) is 78.2 Å². The third-order valence-electron chi connectivity index (χ3n) is 8.59. The van der Waals surface area contributed by atoms with Crippen molar-refractivity contribution in [3.8, 4) is 22.3 Å². The standard InChI is InChI=1S/C41H33F3N4OS/c1-2-50(33-14-7-4-8-15-33)26-28-16-21-36-34(23-28)39-38(30-11-5-3-6-12-30)35(25-46-40(39)47-36)29-17-19-32(20-18-29)48(27-41(42,43)44)37(49)24-31-13-9-10-22-45-31/h2-23,25H,24,26-27H2,1H3,(H,46,47). The zero-order valence-corrected chi connectivity index (χ0v) is 28.0. The van der Waals surface area contributed by atoms with E-state index in [1.807, 2.05) is 24.3 Å². The topological polar surface area (TPSA) is 61.9 Å². The molecule has 9 heteroatoms. The first-order valence-electron chi connectivity index (χ1n) is 16.2. The fourth-order valence-electron chi connectivity index (χ4n) is 6.27. The summed E-state index contributed by atoms with van der Waals surface area (Å²) in [6.07, 6.45) is -1.52. The van der Waals surface area contributed by atoms with Crippen LogP contribution in [-0.2, 0) is 17.0 Å². The largest absolute Gasteiger partial charge is 0.406 e. The Kier molecular flexibility index (Phi) is 9.32.